The fraction of sp³-hybridized carbons (Fsp3) is 0. The van der Waals surface area contributed by atoms with Gasteiger partial charge < -0.3 is 0 Å². The van der Waals surface area contributed by atoms with Crippen molar-refractivity contribution >= 4 is 18.1 Å². The molecule has 0 aliphatic heterocycles. The molecule has 0 saturated heterocycles. The van der Waals surface area contributed by atoms with E-state index in [-0.39, 0.29) is 0 Å². The molecule has 0 heterocycles. The molecule has 0 saturated carbocycles. The maximum atomic E-state index is 4.73. The molecule has 68 valence electrons. The second-order valence-corrected chi connectivity index (χ2v) is 3.16. The van der Waals surface area contributed by atoms with Crippen molar-refractivity contribution in [1.82, 2.24) is 0 Å². The van der Waals surface area contributed by atoms with Crippen LogP contribution < -0.4 is 0 Å². The Morgan fingerprint density at radius 1 is 0.786 bits per heavy atom. The number of hydrogen-bond acceptors (Lipinski definition) is 2. The summed E-state index contributed by atoms with van der Waals surface area (Å²) in [6.07, 6.45) is 0. The van der Waals surface area contributed by atoms with Crippen LogP contribution in [-0.4, -0.2) is 0 Å². The third-order valence-corrected chi connectivity index (χ3v) is 2.28. The zero-order valence-corrected chi connectivity index (χ0v) is 8.37. The standard InChI is InChI=1S/C12H9NS/c14-13-12-9-5-4-8-11(12)10-6-2-1-3-7-10/h1-9H. The topological polar surface area (TPSA) is 12.4 Å². The maximum Gasteiger partial charge on any atom is 0.0847 e. The van der Waals surface area contributed by atoms with Crippen LogP contribution >= 0.6 is 0 Å². The molecule has 0 unspecified atom stereocenters. The molecule has 2 aromatic rings. The number of benzene rings is 2. The summed E-state index contributed by atoms with van der Waals surface area (Å²) in [5.74, 6) is 0. The second-order valence-electron chi connectivity index (χ2n) is 2.97. The molecule has 1 nitrogen and oxygen atoms in total. The number of nitrogens with zero attached hydrogens (tertiary/aromatic N) is 1. The lowest BCUT2D eigenvalue weighted by molar-refractivity contribution is 1.54. The Balaban J connectivity index is 2.57. The lowest BCUT2D eigenvalue weighted by Crippen LogP contribution is -1.76. The highest BCUT2D eigenvalue weighted by molar-refractivity contribution is 7.47. The summed E-state index contributed by atoms with van der Waals surface area (Å²) >= 11 is 4.73. The molecule has 0 radical (unpaired) electrons. The molecule has 0 N–H and O–H groups in total. The van der Waals surface area contributed by atoms with Crippen molar-refractivity contribution in [3.8, 4) is 11.1 Å². The predicted octanol–water partition coefficient (Wildman–Crippen LogP) is 3.72. The Morgan fingerprint density at radius 3 is 2.14 bits per heavy atom. The SMILES string of the molecule is S=Nc1ccccc1-c1ccccc1. The van der Waals surface area contributed by atoms with E-state index in [0.717, 1.165) is 16.8 Å². The van der Waals surface area contributed by atoms with Crippen molar-refractivity contribution in [2.45, 2.75) is 0 Å². The van der Waals surface area contributed by atoms with Gasteiger partial charge in [-0.3, -0.25) is 0 Å². The van der Waals surface area contributed by atoms with Gasteiger partial charge in [0.15, 0.2) is 0 Å². The van der Waals surface area contributed by atoms with E-state index in [1.54, 1.807) is 0 Å². The second kappa shape index (κ2) is 4.11. The van der Waals surface area contributed by atoms with Gasteiger partial charge in [0.1, 0.15) is 0 Å². The van der Waals surface area contributed by atoms with E-state index in [0.29, 0.717) is 0 Å². The first kappa shape index (κ1) is 9.03. The third kappa shape index (κ3) is 1.70. The van der Waals surface area contributed by atoms with Gasteiger partial charge in [0, 0.05) is 18.0 Å². The molecule has 0 spiro atoms. The average molecular weight is 199 g/mol. The van der Waals surface area contributed by atoms with Crippen molar-refractivity contribution in [2.75, 3.05) is 0 Å². The van der Waals surface area contributed by atoms with Gasteiger partial charge in [-0.05, 0) is 11.6 Å². The zero-order valence-electron chi connectivity index (χ0n) is 7.55. The van der Waals surface area contributed by atoms with Gasteiger partial charge in [0.05, 0.1) is 5.69 Å². The van der Waals surface area contributed by atoms with E-state index in [1.165, 1.54) is 0 Å². The van der Waals surface area contributed by atoms with Crippen molar-refractivity contribution in [3.05, 3.63) is 54.6 Å². The van der Waals surface area contributed by atoms with Crippen LogP contribution in [0.25, 0.3) is 11.1 Å². The zero-order chi connectivity index (χ0) is 9.80. The molecule has 14 heavy (non-hydrogen) atoms. The summed E-state index contributed by atoms with van der Waals surface area (Å²) in [6.45, 7) is 0. The lowest BCUT2D eigenvalue weighted by Gasteiger charge is -2.03. The quantitative estimate of drug-likeness (QED) is 0.718. The summed E-state index contributed by atoms with van der Waals surface area (Å²) in [5.41, 5.74) is 3.09. The van der Waals surface area contributed by atoms with Gasteiger partial charge in [0.2, 0.25) is 0 Å². The van der Waals surface area contributed by atoms with E-state index in [1.807, 2.05) is 42.5 Å². The molecule has 0 aliphatic carbocycles. The van der Waals surface area contributed by atoms with E-state index in [2.05, 4.69) is 16.5 Å². The highest BCUT2D eigenvalue weighted by Gasteiger charge is 2.01. The fourth-order valence-corrected chi connectivity index (χ4v) is 1.57. The van der Waals surface area contributed by atoms with Crippen LogP contribution in [0, 0.1) is 0 Å². The van der Waals surface area contributed by atoms with Crippen LogP contribution in [0.1, 0.15) is 0 Å². The van der Waals surface area contributed by atoms with Crippen molar-refractivity contribution in [2.24, 2.45) is 4.36 Å². The first-order valence-corrected chi connectivity index (χ1v) is 4.76. The van der Waals surface area contributed by atoms with Gasteiger partial charge in [-0.15, -0.1) is 0 Å². The Kier molecular flexibility index (Phi) is 2.65. The molecule has 2 rings (SSSR count). The van der Waals surface area contributed by atoms with Gasteiger partial charge in [-0.1, -0.05) is 48.5 Å². The van der Waals surface area contributed by atoms with Crippen molar-refractivity contribution in [1.29, 1.82) is 0 Å². The molecule has 0 fully saturated rings. The molecule has 2 aromatic carbocycles. The molecule has 2 heteroatoms. The highest BCUT2D eigenvalue weighted by atomic mass is 32.1. The number of hydrogen-bond donors (Lipinski definition) is 0. The molecule has 0 atom stereocenters. The molecule has 0 aliphatic rings. The minimum absolute atomic E-state index is 0.855. The minimum atomic E-state index is 0.855. The van der Waals surface area contributed by atoms with Crippen LogP contribution in [0.4, 0.5) is 5.69 Å². The summed E-state index contributed by atoms with van der Waals surface area (Å²) in [5, 5.41) is 0. The number of rotatable bonds is 2. The van der Waals surface area contributed by atoms with E-state index in [9.17, 15) is 0 Å². The van der Waals surface area contributed by atoms with Gasteiger partial charge in [-0.25, -0.2) is 0 Å². The molecular weight excluding hydrogens is 190 g/mol. The van der Waals surface area contributed by atoms with Gasteiger partial charge in [-0.2, -0.15) is 4.36 Å². The van der Waals surface area contributed by atoms with Crippen molar-refractivity contribution in [3.63, 3.8) is 0 Å². The van der Waals surface area contributed by atoms with Crippen LogP contribution in [0.2, 0.25) is 0 Å². The van der Waals surface area contributed by atoms with E-state index < -0.39 is 0 Å². The van der Waals surface area contributed by atoms with Crippen LogP contribution in [0.3, 0.4) is 0 Å². The third-order valence-electron chi connectivity index (χ3n) is 2.09. The summed E-state index contributed by atoms with van der Waals surface area (Å²) in [4.78, 5) is 0. The van der Waals surface area contributed by atoms with Crippen LogP contribution in [0.15, 0.2) is 59.0 Å². The Morgan fingerprint density at radius 2 is 1.43 bits per heavy atom. The van der Waals surface area contributed by atoms with Crippen LogP contribution in [0.5, 0.6) is 0 Å². The lowest BCUT2D eigenvalue weighted by atomic mass is 10.0. The largest absolute Gasteiger partial charge is 0.181 e. The Hall–Kier alpha value is -1.54. The summed E-state index contributed by atoms with van der Waals surface area (Å²) in [6, 6.07) is 18.0. The normalized spacial score (nSPS) is 9.71. The first-order valence-electron chi connectivity index (χ1n) is 4.39. The molecule has 0 aromatic heterocycles. The van der Waals surface area contributed by atoms with E-state index in [4.69, 9.17) is 12.4 Å². The molecule has 0 amide bonds. The molecular formula is C12H9NS. The summed E-state index contributed by atoms with van der Waals surface area (Å²) in [7, 11) is 0. The molecule has 0 bridgehead atoms. The van der Waals surface area contributed by atoms with Crippen molar-refractivity contribution < 1.29 is 0 Å². The minimum Gasteiger partial charge on any atom is -0.181 e. The average Bonchev–Trinajstić information content (AvgIpc) is 2.30. The van der Waals surface area contributed by atoms with Gasteiger partial charge in [0.25, 0.3) is 0 Å². The highest BCUT2D eigenvalue weighted by Crippen LogP contribution is 2.29. The monoisotopic (exact) mass is 199 g/mol. The predicted molar refractivity (Wildman–Crippen MR) is 61.3 cm³/mol. The maximum absolute atomic E-state index is 4.73. The summed E-state index contributed by atoms with van der Waals surface area (Å²) < 4.78 is 3.83. The Bertz CT molecular complexity index is 437. The Labute approximate surface area is 88.6 Å². The van der Waals surface area contributed by atoms with E-state index >= 15 is 0 Å². The fourth-order valence-electron chi connectivity index (χ4n) is 1.42. The van der Waals surface area contributed by atoms with Gasteiger partial charge >= 0.3 is 0 Å². The first-order chi connectivity index (χ1) is 6.92. The smallest absolute Gasteiger partial charge is 0.0847 e. The van der Waals surface area contributed by atoms with Crippen LogP contribution in [-0.2, 0) is 12.4 Å².